The van der Waals surface area contributed by atoms with E-state index in [1.165, 1.54) is 12.0 Å². The average Bonchev–Trinajstić information content (AvgIpc) is 3.05. The van der Waals surface area contributed by atoms with Gasteiger partial charge in [-0.2, -0.15) is 0 Å². The van der Waals surface area contributed by atoms with Crippen LogP contribution in [0.15, 0.2) is 85.1 Å². The molecule has 1 aromatic heterocycles. The molecule has 0 unspecified atom stereocenters. The third kappa shape index (κ3) is 11.6. The molecule has 2 aromatic carbocycles. The zero-order valence-electron chi connectivity index (χ0n) is 29.0. The van der Waals surface area contributed by atoms with Crippen molar-refractivity contribution in [1.82, 2.24) is 15.6 Å². The molecule has 0 radical (unpaired) electrons. The van der Waals surface area contributed by atoms with Gasteiger partial charge in [-0.1, -0.05) is 55.1 Å². The lowest BCUT2D eigenvalue weighted by Crippen LogP contribution is -2.43. The lowest BCUT2D eigenvalue weighted by atomic mass is 9.96. The molecule has 3 N–H and O–H groups in total. The number of aromatic nitrogens is 1. The number of phenolic OH excluding ortho intramolecular Hbond substituents is 1. The second-order valence-electron chi connectivity index (χ2n) is 12.4. The Balaban J connectivity index is 1.61. The quantitative estimate of drug-likeness (QED) is 0.137. The van der Waals surface area contributed by atoms with Gasteiger partial charge in [-0.05, 0) is 86.9 Å². The van der Waals surface area contributed by atoms with Gasteiger partial charge >= 0.3 is 12.1 Å². The Morgan fingerprint density at radius 2 is 1.76 bits per heavy atom. The van der Waals surface area contributed by atoms with Crippen molar-refractivity contribution in [1.29, 1.82) is 0 Å². The van der Waals surface area contributed by atoms with Crippen molar-refractivity contribution in [3.8, 4) is 5.75 Å². The Labute approximate surface area is 287 Å². The van der Waals surface area contributed by atoms with E-state index >= 15 is 0 Å². The molecule has 0 aliphatic rings. The number of anilines is 1. The number of rotatable bonds is 14. The van der Waals surface area contributed by atoms with Crippen LogP contribution in [0, 0.1) is 6.92 Å². The van der Waals surface area contributed by atoms with Crippen LogP contribution in [0.3, 0.4) is 0 Å². The molecule has 11 heteroatoms. The molecule has 0 spiro atoms. The van der Waals surface area contributed by atoms with Gasteiger partial charge in [0.2, 0.25) is 11.8 Å². The number of phenols is 1. The van der Waals surface area contributed by atoms with E-state index in [4.69, 9.17) is 9.47 Å². The van der Waals surface area contributed by atoms with E-state index in [-0.39, 0.29) is 31.7 Å². The molecule has 0 fully saturated rings. The van der Waals surface area contributed by atoms with Gasteiger partial charge < -0.3 is 25.2 Å². The minimum atomic E-state index is -0.799. The van der Waals surface area contributed by atoms with Gasteiger partial charge in [0.05, 0.1) is 26.1 Å². The van der Waals surface area contributed by atoms with Crippen molar-refractivity contribution in [3.63, 3.8) is 0 Å². The monoisotopic (exact) mass is 670 g/mol. The number of esters is 1. The number of aromatic hydroxyl groups is 1. The summed E-state index contributed by atoms with van der Waals surface area (Å²) < 4.78 is 10.4. The number of amides is 3. The minimum absolute atomic E-state index is 0.0392. The molecule has 49 heavy (non-hydrogen) atoms. The van der Waals surface area contributed by atoms with Crippen LogP contribution in [-0.2, 0) is 23.9 Å². The van der Waals surface area contributed by atoms with E-state index in [2.05, 4.69) is 22.2 Å². The van der Waals surface area contributed by atoms with Gasteiger partial charge in [0.25, 0.3) is 0 Å². The maximum atomic E-state index is 12.9. The van der Waals surface area contributed by atoms with Crippen molar-refractivity contribution in [2.45, 2.75) is 65.5 Å². The minimum Gasteiger partial charge on any atom is -0.507 e. The normalized spacial score (nSPS) is 12.3. The summed E-state index contributed by atoms with van der Waals surface area (Å²) in [6.45, 7) is 13.0. The molecule has 0 bridgehead atoms. The van der Waals surface area contributed by atoms with Crippen LogP contribution in [0.2, 0.25) is 0 Å². The highest BCUT2D eigenvalue weighted by molar-refractivity contribution is 5.99. The third-order valence-electron chi connectivity index (χ3n) is 7.40. The first-order valence-electron chi connectivity index (χ1n) is 16.0. The molecule has 260 valence electrons. The number of pyridine rings is 1. The lowest BCUT2D eigenvalue weighted by molar-refractivity contribution is -0.141. The van der Waals surface area contributed by atoms with Gasteiger partial charge in [0.1, 0.15) is 17.2 Å². The number of aryl methyl sites for hydroxylation is 1. The Morgan fingerprint density at radius 1 is 1.04 bits per heavy atom. The summed E-state index contributed by atoms with van der Waals surface area (Å²) in [6.07, 6.45) is 6.64. The first-order chi connectivity index (χ1) is 23.2. The van der Waals surface area contributed by atoms with E-state index in [0.717, 1.165) is 22.1 Å². The average molecular weight is 671 g/mol. The van der Waals surface area contributed by atoms with Crippen LogP contribution < -0.4 is 15.5 Å². The number of nitrogens with one attached hydrogen (secondary N) is 2. The van der Waals surface area contributed by atoms with Crippen LogP contribution in [0.5, 0.6) is 5.75 Å². The molecule has 3 rings (SSSR count). The standard InChI is InChI=1S/C38H46N4O7/c1-8-27(28-17-18-32(43)30-13-10-9-12-29(28)30)16-15-26(3)31(23-36(46)48-7)41-35(45)24-40-34(44)14-11-21-42(37(47)49-38(4,5)6)33-22-25(2)19-20-39-33/h8-10,12-13,15-20,22,31,43H,3,11,14,21,23-24H2,1-2,4-7H3,(H,40,44)(H,41,45)/b16-15-,27-8+/t31-/m0/s1. The molecule has 1 atom stereocenters. The van der Waals surface area contributed by atoms with Crippen LogP contribution >= 0.6 is 0 Å². The van der Waals surface area contributed by atoms with Crippen molar-refractivity contribution in [3.05, 3.63) is 96.2 Å². The highest BCUT2D eigenvalue weighted by Gasteiger charge is 2.25. The zero-order chi connectivity index (χ0) is 36.1. The molecule has 0 saturated heterocycles. The predicted octanol–water partition coefficient (Wildman–Crippen LogP) is 6.15. The maximum absolute atomic E-state index is 12.9. The predicted molar refractivity (Wildman–Crippen MR) is 191 cm³/mol. The number of hydrogen-bond donors (Lipinski definition) is 3. The van der Waals surface area contributed by atoms with Crippen molar-refractivity contribution in [2.75, 3.05) is 25.1 Å². The fraction of sp³-hybridized carbons (Fsp3) is 0.342. The van der Waals surface area contributed by atoms with Crippen LogP contribution in [0.4, 0.5) is 10.6 Å². The molecular formula is C38H46N4O7. The fourth-order valence-corrected chi connectivity index (χ4v) is 4.91. The van der Waals surface area contributed by atoms with Gasteiger partial charge in [0.15, 0.2) is 0 Å². The number of benzene rings is 2. The van der Waals surface area contributed by atoms with Crippen LogP contribution in [-0.4, -0.2) is 65.8 Å². The zero-order valence-corrected chi connectivity index (χ0v) is 29.0. The van der Waals surface area contributed by atoms with Gasteiger partial charge in [-0.3, -0.25) is 19.3 Å². The Morgan fingerprint density at radius 3 is 2.41 bits per heavy atom. The lowest BCUT2D eigenvalue weighted by Gasteiger charge is -2.27. The highest BCUT2D eigenvalue weighted by atomic mass is 16.6. The summed E-state index contributed by atoms with van der Waals surface area (Å²) in [4.78, 5) is 56.3. The summed E-state index contributed by atoms with van der Waals surface area (Å²) in [7, 11) is 1.26. The number of ether oxygens (including phenoxy) is 2. The number of carbonyl (C=O) groups excluding carboxylic acids is 4. The Hall–Kier alpha value is -5.45. The van der Waals surface area contributed by atoms with Gasteiger partial charge in [-0.25, -0.2) is 9.78 Å². The number of nitrogens with zero attached hydrogens (tertiary/aromatic N) is 2. The van der Waals surface area contributed by atoms with E-state index in [1.54, 1.807) is 45.2 Å². The van der Waals surface area contributed by atoms with E-state index in [0.29, 0.717) is 23.2 Å². The molecular weight excluding hydrogens is 624 g/mol. The number of hydrogen-bond acceptors (Lipinski definition) is 8. The Kier molecular flexibility index (Phi) is 13.7. The van der Waals surface area contributed by atoms with E-state index in [1.807, 2.05) is 62.4 Å². The summed E-state index contributed by atoms with van der Waals surface area (Å²) in [5.41, 5.74) is 2.38. The maximum Gasteiger partial charge on any atom is 0.416 e. The molecule has 1 heterocycles. The molecule has 0 aliphatic carbocycles. The second kappa shape index (κ2) is 17.6. The van der Waals surface area contributed by atoms with Crippen LogP contribution in [0.25, 0.3) is 16.3 Å². The molecule has 0 saturated carbocycles. The first kappa shape index (κ1) is 38.0. The smallest absolute Gasteiger partial charge is 0.416 e. The van der Waals surface area contributed by atoms with Crippen molar-refractivity contribution in [2.24, 2.45) is 0 Å². The largest absolute Gasteiger partial charge is 0.507 e. The fourth-order valence-electron chi connectivity index (χ4n) is 4.91. The Bertz CT molecular complexity index is 1740. The number of allylic oxidation sites excluding steroid dienone is 3. The molecule has 3 aromatic rings. The summed E-state index contributed by atoms with van der Waals surface area (Å²) in [5.74, 6) is -0.862. The summed E-state index contributed by atoms with van der Waals surface area (Å²) >= 11 is 0. The van der Waals surface area contributed by atoms with Crippen LogP contribution in [0.1, 0.15) is 58.1 Å². The second-order valence-corrected chi connectivity index (χ2v) is 12.4. The van der Waals surface area contributed by atoms with E-state index < -0.39 is 35.5 Å². The van der Waals surface area contributed by atoms with Crippen molar-refractivity contribution < 1.29 is 33.8 Å². The SMILES string of the molecule is C=C(/C=C\C(=C/C)c1ccc(O)c2ccccc12)[C@H](CC(=O)OC)NC(=O)CNC(=O)CCCN(C(=O)OC(C)(C)C)c1cc(C)ccn1. The third-order valence-corrected chi connectivity index (χ3v) is 7.40. The highest BCUT2D eigenvalue weighted by Crippen LogP contribution is 2.32. The number of carbonyl (C=O) groups is 4. The van der Waals surface area contributed by atoms with Gasteiger partial charge in [0, 0.05) is 24.5 Å². The molecule has 11 nitrogen and oxygen atoms in total. The first-order valence-corrected chi connectivity index (χ1v) is 16.0. The topological polar surface area (TPSA) is 147 Å². The van der Waals surface area contributed by atoms with Gasteiger partial charge in [-0.15, -0.1) is 0 Å². The molecule has 0 aliphatic heterocycles. The van der Waals surface area contributed by atoms with E-state index in [9.17, 15) is 24.3 Å². The van der Waals surface area contributed by atoms with Crippen molar-refractivity contribution >= 4 is 46.0 Å². The number of fused-ring (bicyclic) bond motifs is 1. The molecule has 3 amide bonds. The summed E-state index contributed by atoms with van der Waals surface area (Å²) in [5, 5.41) is 17.2. The summed E-state index contributed by atoms with van der Waals surface area (Å²) in [6, 6.07) is 13.7. The number of methoxy groups -OCH3 is 1.